The van der Waals surface area contributed by atoms with Crippen molar-refractivity contribution in [3.63, 3.8) is 0 Å². The predicted octanol–water partition coefficient (Wildman–Crippen LogP) is 4.91. The summed E-state index contributed by atoms with van der Waals surface area (Å²) in [6.45, 7) is 2.84. The van der Waals surface area contributed by atoms with Gasteiger partial charge in [0.25, 0.3) is 0 Å². The maximum absolute atomic E-state index is 4.85. The smallest absolute Gasteiger partial charge is 0.226 e. The van der Waals surface area contributed by atoms with Crippen LogP contribution in [0, 0.1) is 6.92 Å². The molecule has 0 saturated carbocycles. The Bertz CT molecular complexity index is 1290. The zero-order chi connectivity index (χ0) is 19.6. The van der Waals surface area contributed by atoms with Crippen molar-refractivity contribution >= 4 is 22.5 Å². The van der Waals surface area contributed by atoms with Gasteiger partial charge in [0.2, 0.25) is 5.95 Å². The molecule has 0 bridgehead atoms. The number of benzene rings is 3. The molecule has 0 aliphatic rings. The fourth-order valence-corrected chi connectivity index (χ4v) is 3.54. The number of rotatable bonds is 5. The SMILES string of the molecule is Cc1cccc(-c2nc3c4ccccc4nc(NCCc4ccccc4)n3n2)c1. The van der Waals surface area contributed by atoms with E-state index in [-0.39, 0.29) is 0 Å². The molecule has 0 aliphatic carbocycles. The van der Waals surface area contributed by atoms with Crippen LogP contribution in [0.1, 0.15) is 11.1 Å². The number of aryl methyl sites for hydroxylation is 1. The quantitative estimate of drug-likeness (QED) is 0.471. The molecular formula is C24H21N5. The molecule has 0 atom stereocenters. The molecule has 0 radical (unpaired) electrons. The Hall–Kier alpha value is -3.73. The van der Waals surface area contributed by atoms with Gasteiger partial charge in [0.05, 0.1) is 5.52 Å². The van der Waals surface area contributed by atoms with Gasteiger partial charge < -0.3 is 5.32 Å². The van der Waals surface area contributed by atoms with E-state index in [1.165, 1.54) is 11.1 Å². The lowest BCUT2D eigenvalue weighted by atomic mass is 10.1. The van der Waals surface area contributed by atoms with Gasteiger partial charge in [-0.2, -0.15) is 4.52 Å². The Morgan fingerprint density at radius 1 is 0.862 bits per heavy atom. The molecule has 29 heavy (non-hydrogen) atoms. The highest BCUT2D eigenvalue weighted by Gasteiger charge is 2.14. The molecule has 5 aromatic rings. The van der Waals surface area contributed by atoms with E-state index >= 15 is 0 Å². The number of nitrogens with zero attached hydrogens (tertiary/aromatic N) is 4. The van der Waals surface area contributed by atoms with E-state index in [1.807, 2.05) is 47.0 Å². The summed E-state index contributed by atoms with van der Waals surface area (Å²) in [5.74, 6) is 1.42. The van der Waals surface area contributed by atoms with Crippen molar-refractivity contribution in [2.45, 2.75) is 13.3 Å². The highest BCUT2D eigenvalue weighted by molar-refractivity contribution is 5.92. The van der Waals surface area contributed by atoms with Crippen molar-refractivity contribution in [1.29, 1.82) is 0 Å². The second-order valence-electron chi connectivity index (χ2n) is 7.16. The third kappa shape index (κ3) is 3.43. The third-order valence-electron chi connectivity index (χ3n) is 4.99. The van der Waals surface area contributed by atoms with Crippen LogP contribution in [0.25, 0.3) is 27.9 Å². The number of fused-ring (bicyclic) bond motifs is 3. The number of nitrogens with one attached hydrogen (secondary N) is 1. The summed E-state index contributed by atoms with van der Waals surface area (Å²) >= 11 is 0. The van der Waals surface area contributed by atoms with Gasteiger partial charge in [-0.05, 0) is 37.1 Å². The lowest BCUT2D eigenvalue weighted by molar-refractivity contribution is 0.907. The van der Waals surface area contributed by atoms with Crippen LogP contribution in [0.4, 0.5) is 5.95 Å². The number of hydrogen-bond donors (Lipinski definition) is 1. The van der Waals surface area contributed by atoms with Gasteiger partial charge in [0.1, 0.15) is 0 Å². The van der Waals surface area contributed by atoms with Crippen molar-refractivity contribution in [3.8, 4) is 11.4 Å². The summed E-state index contributed by atoms with van der Waals surface area (Å²) < 4.78 is 1.82. The standard InChI is InChI=1S/C24H21N5/c1-17-8-7-11-19(16-17)22-27-23-20-12-5-6-13-21(20)26-24(29(23)28-22)25-15-14-18-9-3-2-4-10-18/h2-13,16H,14-15H2,1H3,(H,25,26). The number of anilines is 1. The molecule has 0 spiro atoms. The first-order valence-electron chi connectivity index (χ1n) is 9.78. The van der Waals surface area contributed by atoms with Gasteiger partial charge >= 0.3 is 0 Å². The number of para-hydroxylation sites is 1. The molecule has 1 N–H and O–H groups in total. The van der Waals surface area contributed by atoms with Crippen LogP contribution in [0.2, 0.25) is 0 Å². The van der Waals surface area contributed by atoms with E-state index in [2.05, 4.69) is 48.6 Å². The lowest BCUT2D eigenvalue weighted by Crippen LogP contribution is -2.11. The van der Waals surface area contributed by atoms with Crippen LogP contribution >= 0.6 is 0 Å². The zero-order valence-corrected chi connectivity index (χ0v) is 16.2. The molecule has 0 amide bonds. The van der Waals surface area contributed by atoms with E-state index in [1.54, 1.807) is 0 Å². The van der Waals surface area contributed by atoms with E-state index in [4.69, 9.17) is 15.1 Å². The first kappa shape index (κ1) is 17.4. The van der Waals surface area contributed by atoms with E-state index in [9.17, 15) is 0 Å². The second-order valence-corrected chi connectivity index (χ2v) is 7.16. The Labute approximate surface area is 169 Å². The molecule has 2 aromatic heterocycles. The summed E-state index contributed by atoms with van der Waals surface area (Å²) in [6, 6.07) is 26.7. The summed E-state index contributed by atoms with van der Waals surface area (Å²) in [4.78, 5) is 9.66. The minimum absolute atomic E-state index is 0.706. The van der Waals surface area contributed by atoms with Gasteiger partial charge in [-0.25, -0.2) is 9.97 Å². The first-order chi connectivity index (χ1) is 14.3. The zero-order valence-electron chi connectivity index (χ0n) is 16.2. The number of hydrogen-bond acceptors (Lipinski definition) is 4. The van der Waals surface area contributed by atoms with E-state index in [0.717, 1.165) is 35.1 Å². The maximum atomic E-state index is 4.85. The van der Waals surface area contributed by atoms with Crippen molar-refractivity contribution in [3.05, 3.63) is 90.0 Å². The highest BCUT2D eigenvalue weighted by atomic mass is 15.4. The summed E-state index contributed by atoms with van der Waals surface area (Å²) in [6.07, 6.45) is 0.913. The topological polar surface area (TPSA) is 55.1 Å². The van der Waals surface area contributed by atoms with Gasteiger partial charge in [-0.3, -0.25) is 0 Å². The second kappa shape index (κ2) is 7.36. The summed E-state index contributed by atoms with van der Waals surface area (Å²) in [7, 11) is 0. The van der Waals surface area contributed by atoms with Gasteiger partial charge in [-0.15, -0.1) is 5.10 Å². The maximum Gasteiger partial charge on any atom is 0.226 e. The van der Waals surface area contributed by atoms with Crippen LogP contribution in [0.3, 0.4) is 0 Å². The third-order valence-corrected chi connectivity index (χ3v) is 4.99. The largest absolute Gasteiger partial charge is 0.354 e. The molecule has 5 nitrogen and oxygen atoms in total. The Morgan fingerprint density at radius 2 is 1.69 bits per heavy atom. The molecule has 0 aliphatic heterocycles. The first-order valence-corrected chi connectivity index (χ1v) is 9.78. The Balaban J connectivity index is 1.56. The normalized spacial score (nSPS) is 11.2. The highest BCUT2D eigenvalue weighted by Crippen LogP contribution is 2.24. The van der Waals surface area contributed by atoms with Gasteiger partial charge in [0.15, 0.2) is 11.5 Å². The van der Waals surface area contributed by atoms with Crippen molar-refractivity contribution in [1.82, 2.24) is 19.6 Å². The Kier molecular flexibility index (Phi) is 4.41. The summed E-state index contributed by atoms with van der Waals surface area (Å²) in [5.41, 5.74) is 5.20. The van der Waals surface area contributed by atoms with Crippen LogP contribution in [-0.4, -0.2) is 26.1 Å². The average molecular weight is 379 g/mol. The van der Waals surface area contributed by atoms with E-state index in [0.29, 0.717) is 11.8 Å². The van der Waals surface area contributed by atoms with E-state index < -0.39 is 0 Å². The minimum Gasteiger partial charge on any atom is -0.354 e. The molecule has 3 aromatic carbocycles. The molecule has 0 saturated heterocycles. The van der Waals surface area contributed by atoms with Crippen molar-refractivity contribution < 1.29 is 0 Å². The predicted molar refractivity (Wildman–Crippen MR) is 117 cm³/mol. The van der Waals surface area contributed by atoms with Gasteiger partial charge in [-0.1, -0.05) is 66.2 Å². The fraction of sp³-hybridized carbons (Fsp3) is 0.125. The fourth-order valence-electron chi connectivity index (χ4n) is 3.54. The monoisotopic (exact) mass is 379 g/mol. The van der Waals surface area contributed by atoms with Crippen molar-refractivity contribution in [2.24, 2.45) is 0 Å². The van der Waals surface area contributed by atoms with Crippen LogP contribution in [0.15, 0.2) is 78.9 Å². The molecule has 5 heteroatoms. The molecule has 2 heterocycles. The van der Waals surface area contributed by atoms with Crippen LogP contribution < -0.4 is 5.32 Å². The molecule has 0 fully saturated rings. The molecular weight excluding hydrogens is 358 g/mol. The average Bonchev–Trinajstić information content (AvgIpc) is 3.21. The minimum atomic E-state index is 0.706. The van der Waals surface area contributed by atoms with Crippen LogP contribution in [0.5, 0.6) is 0 Å². The number of aromatic nitrogens is 4. The molecule has 142 valence electrons. The van der Waals surface area contributed by atoms with Gasteiger partial charge in [0, 0.05) is 17.5 Å². The van der Waals surface area contributed by atoms with Crippen molar-refractivity contribution in [2.75, 3.05) is 11.9 Å². The summed E-state index contributed by atoms with van der Waals surface area (Å²) in [5, 5.41) is 9.23. The molecule has 5 rings (SSSR count). The van der Waals surface area contributed by atoms with Crippen LogP contribution in [-0.2, 0) is 6.42 Å². The lowest BCUT2D eigenvalue weighted by Gasteiger charge is -2.09. The Morgan fingerprint density at radius 3 is 2.55 bits per heavy atom. The molecule has 0 unspecified atom stereocenters.